The van der Waals surface area contributed by atoms with Gasteiger partial charge in [0, 0.05) is 0 Å². The lowest BCUT2D eigenvalue weighted by Crippen LogP contribution is -2.28. The quantitative estimate of drug-likeness (QED) is 0.796. The summed E-state index contributed by atoms with van der Waals surface area (Å²) in [6.45, 7) is -1.02. The summed E-state index contributed by atoms with van der Waals surface area (Å²) in [6, 6.07) is 0. The van der Waals surface area contributed by atoms with Gasteiger partial charge in [-0.15, -0.1) is 0 Å². The number of fused-ring (bicyclic) bond motifs is 1. The minimum Gasteiger partial charge on any atom is -0.385 e. The van der Waals surface area contributed by atoms with Crippen LogP contribution >= 0.6 is 0 Å². The largest absolute Gasteiger partial charge is 0.385 e. The Hall–Kier alpha value is -1.87. The average Bonchev–Trinajstić information content (AvgIpc) is 2.94. The van der Waals surface area contributed by atoms with Crippen molar-refractivity contribution in [3.05, 3.63) is 12.7 Å². The molecule has 19 heavy (non-hydrogen) atoms. The van der Waals surface area contributed by atoms with E-state index in [1.807, 2.05) is 0 Å². The highest BCUT2D eigenvalue weighted by atomic mass is 19.1. The van der Waals surface area contributed by atoms with Gasteiger partial charge in [0.1, 0.15) is 30.7 Å². The number of ether oxygens (including phenoxy) is 1. The van der Waals surface area contributed by atoms with Crippen LogP contribution in [-0.2, 0) is 4.74 Å². The monoisotopic (exact) mass is 271 g/mol. The van der Waals surface area contributed by atoms with E-state index in [1.54, 1.807) is 0 Å². The molecule has 2 aromatic rings. The third kappa shape index (κ3) is 1.73. The van der Waals surface area contributed by atoms with Gasteiger partial charge in [-0.3, -0.25) is 4.57 Å². The van der Waals surface area contributed by atoms with E-state index in [4.69, 9.17) is 10.5 Å². The van der Waals surface area contributed by atoms with Gasteiger partial charge in [0.05, 0.1) is 6.33 Å². The van der Waals surface area contributed by atoms with Crippen molar-refractivity contribution in [1.82, 2.24) is 19.5 Å². The highest BCUT2D eigenvalue weighted by Crippen LogP contribution is 2.33. The first kappa shape index (κ1) is 12.2. The SMILES string of the molecule is Nc1ncnc2c1ncn2C1OC(CF)C(F)C1O. The summed E-state index contributed by atoms with van der Waals surface area (Å²) in [5.74, 6) is 0.162. The fraction of sp³-hybridized carbons (Fsp3) is 0.500. The Morgan fingerprint density at radius 3 is 2.89 bits per heavy atom. The van der Waals surface area contributed by atoms with E-state index in [2.05, 4.69) is 15.0 Å². The predicted molar refractivity (Wildman–Crippen MR) is 60.5 cm³/mol. The lowest BCUT2D eigenvalue weighted by atomic mass is 10.2. The zero-order valence-corrected chi connectivity index (χ0v) is 9.65. The van der Waals surface area contributed by atoms with Gasteiger partial charge in [-0.05, 0) is 0 Å². The van der Waals surface area contributed by atoms with Crippen molar-refractivity contribution in [3.8, 4) is 0 Å². The van der Waals surface area contributed by atoms with Crippen molar-refractivity contribution in [3.63, 3.8) is 0 Å². The number of imidazole rings is 1. The van der Waals surface area contributed by atoms with Gasteiger partial charge in [-0.25, -0.2) is 23.7 Å². The molecule has 3 heterocycles. The van der Waals surface area contributed by atoms with Crippen LogP contribution in [0, 0.1) is 0 Å². The second-order valence-electron chi connectivity index (χ2n) is 4.24. The van der Waals surface area contributed by atoms with Crippen LogP contribution in [-0.4, -0.2) is 49.7 Å². The predicted octanol–water partition coefficient (Wildman–Crippen LogP) is -0.0256. The average molecular weight is 271 g/mol. The van der Waals surface area contributed by atoms with E-state index in [0.717, 1.165) is 0 Å². The zero-order chi connectivity index (χ0) is 13.6. The molecule has 9 heteroatoms. The Morgan fingerprint density at radius 1 is 1.42 bits per heavy atom. The maximum atomic E-state index is 13.6. The fourth-order valence-electron chi connectivity index (χ4n) is 2.12. The van der Waals surface area contributed by atoms with E-state index in [9.17, 15) is 13.9 Å². The molecule has 0 aromatic carbocycles. The Morgan fingerprint density at radius 2 is 2.21 bits per heavy atom. The third-order valence-electron chi connectivity index (χ3n) is 3.10. The van der Waals surface area contributed by atoms with Crippen molar-refractivity contribution >= 4 is 17.0 Å². The molecular formula is C10H11F2N5O2. The number of halogens is 2. The molecule has 4 unspecified atom stereocenters. The molecule has 0 saturated carbocycles. The first-order chi connectivity index (χ1) is 9.13. The molecule has 0 spiro atoms. The highest BCUT2D eigenvalue weighted by Gasteiger charge is 2.45. The van der Waals surface area contributed by atoms with Gasteiger partial charge < -0.3 is 15.6 Å². The molecule has 0 radical (unpaired) electrons. The van der Waals surface area contributed by atoms with E-state index < -0.39 is 31.3 Å². The van der Waals surface area contributed by atoms with Crippen molar-refractivity contribution in [2.75, 3.05) is 12.4 Å². The number of aliphatic hydroxyl groups is 1. The lowest BCUT2D eigenvalue weighted by Gasteiger charge is -2.15. The number of nitrogen functional groups attached to an aromatic ring is 1. The number of aromatic nitrogens is 4. The van der Waals surface area contributed by atoms with Crippen LogP contribution in [0.5, 0.6) is 0 Å². The van der Waals surface area contributed by atoms with Gasteiger partial charge in [-0.1, -0.05) is 0 Å². The van der Waals surface area contributed by atoms with Gasteiger partial charge in [0.2, 0.25) is 0 Å². The number of hydrogen-bond donors (Lipinski definition) is 2. The van der Waals surface area contributed by atoms with Crippen LogP contribution in [0.1, 0.15) is 6.23 Å². The maximum absolute atomic E-state index is 13.6. The number of nitrogens with two attached hydrogens (primary N) is 1. The fourth-order valence-corrected chi connectivity index (χ4v) is 2.12. The number of aliphatic hydroxyl groups excluding tert-OH is 1. The molecule has 1 fully saturated rings. The van der Waals surface area contributed by atoms with Crippen LogP contribution in [0.25, 0.3) is 11.2 Å². The van der Waals surface area contributed by atoms with Crippen LogP contribution in [0.15, 0.2) is 12.7 Å². The molecule has 102 valence electrons. The first-order valence-electron chi connectivity index (χ1n) is 5.60. The van der Waals surface area contributed by atoms with Crippen LogP contribution < -0.4 is 5.73 Å². The summed E-state index contributed by atoms with van der Waals surface area (Å²) in [5, 5.41) is 9.77. The second-order valence-corrected chi connectivity index (χ2v) is 4.24. The molecular weight excluding hydrogens is 260 g/mol. The zero-order valence-electron chi connectivity index (χ0n) is 9.65. The molecule has 1 aliphatic rings. The first-order valence-corrected chi connectivity index (χ1v) is 5.60. The van der Waals surface area contributed by atoms with Gasteiger partial charge in [0.25, 0.3) is 0 Å². The molecule has 7 nitrogen and oxygen atoms in total. The molecule has 0 bridgehead atoms. The van der Waals surface area contributed by atoms with Gasteiger partial charge in [-0.2, -0.15) is 0 Å². The van der Waals surface area contributed by atoms with Crippen molar-refractivity contribution in [2.24, 2.45) is 0 Å². The Kier molecular flexibility index (Phi) is 2.79. The second kappa shape index (κ2) is 4.35. The normalized spacial score (nSPS) is 31.1. The number of hydrogen-bond acceptors (Lipinski definition) is 6. The minimum atomic E-state index is -1.80. The summed E-state index contributed by atoms with van der Waals surface area (Å²) in [6.07, 6.45) is -3.15. The number of alkyl halides is 2. The van der Waals surface area contributed by atoms with E-state index in [0.29, 0.717) is 11.2 Å². The maximum Gasteiger partial charge on any atom is 0.167 e. The Labute approximate surface area is 106 Å². The van der Waals surface area contributed by atoms with Gasteiger partial charge >= 0.3 is 0 Å². The molecule has 0 aliphatic carbocycles. The molecule has 0 amide bonds. The summed E-state index contributed by atoms with van der Waals surface area (Å²) >= 11 is 0. The highest BCUT2D eigenvalue weighted by molar-refractivity contribution is 5.81. The molecule has 3 N–H and O–H groups in total. The Balaban J connectivity index is 2.04. The molecule has 4 atom stereocenters. The van der Waals surface area contributed by atoms with Crippen molar-refractivity contribution in [1.29, 1.82) is 0 Å². The summed E-state index contributed by atoms with van der Waals surface area (Å²) in [4.78, 5) is 11.7. The van der Waals surface area contributed by atoms with E-state index in [1.165, 1.54) is 17.2 Å². The third-order valence-corrected chi connectivity index (χ3v) is 3.10. The molecule has 3 rings (SSSR count). The van der Waals surface area contributed by atoms with E-state index >= 15 is 0 Å². The van der Waals surface area contributed by atoms with Crippen LogP contribution in [0.4, 0.5) is 14.6 Å². The topological polar surface area (TPSA) is 99.1 Å². The van der Waals surface area contributed by atoms with Crippen molar-refractivity contribution in [2.45, 2.75) is 24.6 Å². The number of rotatable bonds is 2. The molecule has 2 aromatic heterocycles. The van der Waals surface area contributed by atoms with Crippen molar-refractivity contribution < 1.29 is 18.6 Å². The summed E-state index contributed by atoms with van der Waals surface area (Å²) < 4.78 is 32.6. The number of anilines is 1. The summed E-state index contributed by atoms with van der Waals surface area (Å²) in [5.41, 5.74) is 6.23. The lowest BCUT2D eigenvalue weighted by molar-refractivity contribution is -0.0405. The molecule has 1 saturated heterocycles. The van der Waals surface area contributed by atoms with Gasteiger partial charge in [0.15, 0.2) is 23.9 Å². The number of nitrogens with zero attached hydrogens (tertiary/aromatic N) is 4. The van der Waals surface area contributed by atoms with Crippen LogP contribution in [0.2, 0.25) is 0 Å². The minimum absolute atomic E-state index is 0.162. The molecule has 1 aliphatic heterocycles. The van der Waals surface area contributed by atoms with E-state index in [-0.39, 0.29) is 5.82 Å². The smallest absolute Gasteiger partial charge is 0.167 e. The summed E-state index contributed by atoms with van der Waals surface area (Å²) in [7, 11) is 0. The standard InChI is InChI=1S/C10H11F2N5O2/c11-1-4-5(12)7(18)10(19-4)17-3-16-6-8(13)14-2-15-9(6)17/h2-5,7,10,18H,1H2,(H2,13,14,15). The van der Waals surface area contributed by atoms with Crippen LogP contribution in [0.3, 0.4) is 0 Å². The Bertz CT molecular complexity index is 607.